The lowest BCUT2D eigenvalue weighted by atomic mass is 10.0. The van der Waals surface area contributed by atoms with E-state index in [1.807, 2.05) is 54.6 Å². The molecule has 6 heteroatoms. The first-order valence-corrected chi connectivity index (χ1v) is 9.60. The number of nitrogens with zero attached hydrogens (tertiary/aromatic N) is 2. The normalized spacial score (nSPS) is 19.9. The van der Waals surface area contributed by atoms with Gasteiger partial charge >= 0.3 is 6.03 Å². The summed E-state index contributed by atoms with van der Waals surface area (Å²) in [5.74, 6) is 0.00608. The predicted octanol–water partition coefficient (Wildman–Crippen LogP) is 2.64. The highest BCUT2D eigenvalue weighted by Crippen LogP contribution is 2.22. The quantitative estimate of drug-likeness (QED) is 0.871. The molecule has 0 saturated carbocycles. The van der Waals surface area contributed by atoms with E-state index in [2.05, 4.69) is 5.32 Å². The molecule has 2 aliphatic rings. The molecule has 0 spiro atoms. The van der Waals surface area contributed by atoms with Gasteiger partial charge in [-0.15, -0.1) is 0 Å². The first-order valence-electron chi connectivity index (χ1n) is 9.60. The number of benzene rings is 2. The highest BCUT2D eigenvalue weighted by Gasteiger charge is 2.34. The molecule has 4 rings (SSSR count). The van der Waals surface area contributed by atoms with Crippen molar-refractivity contribution in [2.24, 2.45) is 5.92 Å². The van der Waals surface area contributed by atoms with Gasteiger partial charge in [0.05, 0.1) is 6.54 Å². The van der Waals surface area contributed by atoms with Crippen LogP contribution >= 0.6 is 0 Å². The van der Waals surface area contributed by atoms with Crippen molar-refractivity contribution in [3.8, 4) is 11.1 Å². The van der Waals surface area contributed by atoms with E-state index in [0.717, 1.165) is 16.7 Å². The van der Waals surface area contributed by atoms with Crippen molar-refractivity contribution in [3.63, 3.8) is 0 Å². The number of nitrogens with one attached hydrogen (secondary N) is 1. The van der Waals surface area contributed by atoms with Crippen molar-refractivity contribution < 1.29 is 14.4 Å². The molecule has 0 aliphatic carbocycles. The first kappa shape index (κ1) is 18.2. The second-order valence-corrected chi connectivity index (χ2v) is 7.40. The molecule has 2 aromatic carbocycles. The van der Waals surface area contributed by atoms with E-state index in [0.29, 0.717) is 32.5 Å². The summed E-state index contributed by atoms with van der Waals surface area (Å²) in [6.45, 7) is 1.79. The van der Waals surface area contributed by atoms with Crippen LogP contribution in [0.25, 0.3) is 11.1 Å². The Morgan fingerprint density at radius 3 is 2.32 bits per heavy atom. The molecule has 6 nitrogen and oxygen atoms in total. The Hall–Kier alpha value is -3.15. The molecular weight excluding hydrogens is 354 g/mol. The third kappa shape index (κ3) is 3.91. The molecule has 28 heavy (non-hydrogen) atoms. The number of amides is 4. The summed E-state index contributed by atoms with van der Waals surface area (Å²) >= 11 is 0. The molecule has 2 aliphatic heterocycles. The standard InChI is InChI=1S/C22H23N3O3/c26-20-12-17(13-23-20)14-24-11-10-21(27)25(22(24)28)15-16-6-8-19(9-7-16)18-4-2-1-3-5-18/h1-9,17H,10-15H2,(H,23,26). The van der Waals surface area contributed by atoms with Gasteiger partial charge in [0.15, 0.2) is 0 Å². The van der Waals surface area contributed by atoms with Crippen LogP contribution in [0.5, 0.6) is 0 Å². The van der Waals surface area contributed by atoms with Crippen molar-refractivity contribution in [3.05, 3.63) is 60.2 Å². The second-order valence-electron chi connectivity index (χ2n) is 7.40. The average molecular weight is 377 g/mol. The van der Waals surface area contributed by atoms with Crippen LogP contribution in [0.2, 0.25) is 0 Å². The molecule has 1 N–H and O–H groups in total. The van der Waals surface area contributed by atoms with Crippen LogP contribution in [0.4, 0.5) is 4.79 Å². The van der Waals surface area contributed by atoms with E-state index >= 15 is 0 Å². The molecule has 144 valence electrons. The lowest BCUT2D eigenvalue weighted by Gasteiger charge is -2.35. The molecule has 1 atom stereocenters. The molecule has 4 amide bonds. The SMILES string of the molecule is O=C1CC(CN2CCC(=O)N(Cc3ccc(-c4ccccc4)cc3)C2=O)CN1. The van der Waals surface area contributed by atoms with Crippen molar-refractivity contribution in [1.29, 1.82) is 0 Å². The van der Waals surface area contributed by atoms with Gasteiger partial charge in [0.25, 0.3) is 0 Å². The topological polar surface area (TPSA) is 69.7 Å². The third-order valence-electron chi connectivity index (χ3n) is 5.34. The monoisotopic (exact) mass is 377 g/mol. The molecule has 2 heterocycles. The Bertz CT molecular complexity index is 880. The maximum absolute atomic E-state index is 12.8. The second kappa shape index (κ2) is 7.84. The molecule has 2 aromatic rings. The maximum atomic E-state index is 12.8. The number of rotatable bonds is 5. The Labute approximate surface area is 164 Å². The number of imide groups is 1. The van der Waals surface area contributed by atoms with Crippen LogP contribution in [0.15, 0.2) is 54.6 Å². The molecule has 0 bridgehead atoms. The predicted molar refractivity (Wildman–Crippen MR) is 105 cm³/mol. The zero-order chi connectivity index (χ0) is 19.5. The van der Waals surface area contributed by atoms with Gasteiger partial charge in [-0.1, -0.05) is 54.6 Å². The van der Waals surface area contributed by atoms with Gasteiger partial charge in [0.2, 0.25) is 11.8 Å². The lowest BCUT2D eigenvalue weighted by molar-refractivity contribution is -0.131. The van der Waals surface area contributed by atoms with Crippen molar-refractivity contribution in [2.45, 2.75) is 19.4 Å². The summed E-state index contributed by atoms with van der Waals surface area (Å²) in [6, 6.07) is 17.8. The molecule has 0 aromatic heterocycles. The van der Waals surface area contributed by atoms with E-state index in [9.17, 15) is 14.4 Å². The molecule has 1 unspecified atom stereocenters. The van der Waals surface area contributed by atoms with Crippen LogP contribution in [0.1, 0.15) is 18.4 Å². The van der Waals surface area contributed by atoms with Crippen molar-refractivity contribution >= 4 is 17.8 Å². The smallest absolute Gasteiger partial charge is 0.327 e. The van der Waals surface area contributed by atoms with Gasteiger partial charge in [-0.3, -0.25) is 14.5 Å². The Kier molecular flexibility index (Phi) is 5.10. The Morgan fingerprint density at radius 2 is 1.64 bits per heavy atom. The minimum Gasteiger partial charge on any atom is -0.356 e. The van der Waals surface area contributed by atoms with E-state index in [-0.39, 0.29) is 30.3 Å². The molecular formula is C22H23N3O3. The Balaban J connectivity index is 1.43. The number of carbonyl (C=O) groups is 3. The van der Waals surface area contributed by atoms with Gasteiger partial charge in [0, 0.05) is 38.4 Å². The van der Waals surface area contributed by atoms with E-state index in [1.165, 1.54) is 4.90 Å². The van der Waals surface area contributed by atoms with Gasteiger partial charge in [0.1, 0.15) is 0 Å². The maximum Gasteiger partial charge on any atom is 0.327 e. The zero-order valence-corrected chi connectivity index (χ0v) is 15.6. The zero-order valence-electron chi connectivity index (χ0n) is 15.6. The summed E-state index contributed by atoms with van der Waals surface area (Å²) in [5.41, 5.74) is 3.15. The fourth-order valence-corrected chi connectivity index (χ4v) is 3.79. The van der Waals surface area contributed by atoms with Gasteiger partial charge in [-0.05, 0) is 16.7 Å². The molecule has 0 radical (unpaired) electrons. The third-order valence-corrected chi connectivity index (χ3v) is 5.34. The largest absolute Gasteiger partial charge is 0.356 e. The van der Waals surface area contributed by atoms with Crippen LogP contribution in [0.3, 0.4) is 0 Å². The van der Waals surface area contributed by atoms with Crippen LogP contribution in [-0.2, 0) is 16.1 Å². The fourth-order valence-electron chi connectivity index (χ4n) is 3.79. The number of carbonyl (C=O) groups excluding carboxylic acids is 3. The molecule has 2 saturated heterocycles. The Morgan fingerprint density at radius 1 is 0.929 bits per heavy atom. The molecule has 2 fully saturated rings. The lowest BCUT2D eigenvalue weighted by Crippen LogP contribution is -2.53. The van der Waals surface area contributed by atoms with Crippen LogP contribution in [-0.4, -0.2) is 47.3 Å². The summed E-state index contributed by atoms with van der Waals surface area (Å²) in [5, 5.41) is 2.80. The van der Waals surface area contributed by atoms with E-state index in [4.69, 9.17) is 0 Å². The number of hydrogen-bond donors (Lipinski definition) is 1. The average Bonchev–Trinajstić information content (AvgIpc) is 3.13. The number of hydrogen-bond acceptors (Lipinski definition) is 3. The highest BCUT2D eigenvalue weighted by atomic mass is 16.2. The van der Waals surface area contributed by atoms with Crippen molar-refractivity contribution in [2.75, 3.05) is 19.6 Å². The van der Waals surface area contributed by atoms with Crippen LogP contribution in [0, 0.1) is 5.92 Å². The van der Waals surface area contributed by atoms with E-state index < -0.39 is 0 Å². The fraction of sp³-hybridized carbons (Fsp3) is 0.318. The van der Waals surface area contributed by atoms with Gasteiger partial charge in [-0.25, -0.2) is 4.79 Å². The van der Waals surface area contributed by atoms with Crippen molar-refractivity contribution in [1.82, 2.24) is 15.1 Å². The first-order chi connectivity index (χ1) is 13.6. The highest BCUT2D eigenvalue weighted by molar-refractivity contribution is 5.96. The summed E-state index contributed by atoms with van der Waals surface area (Å²) < 4.78 is 0. The minimum absolute atomic E-state index is 0.0286. The summed E-state index contributed by atoms with van der Waals surface area (Å²) in [6.07, 6.45) is 0.764. The van der Waals surface area contributed by atoms with E-state index in [1.54, 1.807) is 4.90 Å². The summed E-state index contributed by atoms with van der Waals surface area (Å²) in [4.78, 5) is 39.6. The summed E-state index contributed by atoms with van der Waals surface area (Å²) in [7, 11) is 0. The van der Waals surface area contributed by atoms with Crippen LogP contribution < -0.4 is 5.32 Å². The van der Waals surface area contributed by atoms with Gasteiger partial charge in [-0.2, -0.15) is 0 Å². The number of urea groups is 1. The minimum atomic E-state index is -0.261. The van der Waals surface area contributed by atoms with Gasteiger partial charge < -0.3 is 10.2 Å².